The molecule has 5 heteroatoms. The first-order chi connectivity index (χ1) is 9.51. The van der Waals surface area contributed by atoms with Crippen LogP contribution < -0.4 is 0 Å². The first-order valence-corrected chi connectivity index (χ1v) is 7.56. The zero-order valence-electron chi connectivity index (χ0n) is 12.2. The van der Waals surface area contributed by atoms with Crippen molar-refractivity contribution in [3.63, 3.8) is 0 Å². The molecule has 0 atom stereocenters. The van der Waals surface area contributed by atoms with E-state index in [4.69, 9.17) is 9.15 Å². The van der Waals surface area contributed by atoms with Gasteiger partial charge in [-0.25, -0.2) is 9.78 Å². The van der Waals surface area contributed by atoms with Crippen molar-refractivity contribution >= 4 is 17.3 Å². The Bertz CT molecular complexity index is 598. The van der Waals surface area contributed by atoms with Crippen LogP contribution in [0.1, 0.15) is 41.9 Å². The third kappa shape index (κ3) is 3.28. The minimum Gasteiger partial charge on any atom is -0.460 e. The molecule has 2 rings (SSSR count). The number of rotatable bonds is 5. The lowest BCUT2D eigenvalue weighted by Gasteiger charge is -2.02. The van der Waals surface area contributed by atoms with Crippen LogP contribution in [0.25, 0.3) is 10.8 Å². The molecule has 2 aromatic heterocycles. The summed E-state index contributed by atoms with van der Waals surface area (Å²) in [5.41, 5.74) is 0.680. The fraction of sp³-hybridized carbons (Fsp3) is 0.467. The van der Waals surface area contributed by atoms with Crippen LogP contribution in [0.15, 0.2) is 16.5 Å². The zero-order chi connectivity index (χ0) is 14.7. The molecule has 2 heterocycles. The summed E-state index contributed by atoms with van der Waals surface area (Å²) in [7, 11) is 0. The fourth-order valence-corrected chi connectivity index (χ4v) is 2.68. The maximum Gasteiger partial charge on any atom is 0.376 e. The SMILES string of the molecule is CCOC(=O)c1oc(-c2ccc(C)s2)nc1CC(C)C. The smallest absolute Gasteiger partial charge is 0.376 e. The van der Waals surface area contributed by atoms with Gasteiger partial charge in [-0.05, 0) is 38.3 Å². The van der Waals surface area contributed by atoms with Gasteiger partial charge in [-0.2, -0.15) is 0 Å². The largest absolute Gasteiger partial charge is 0.460 e. The number of hydrogen-bond acceptors (Lipinski definition) is 5. The van der Waals surface area contributed by atoms with E-state index in [2.05, 4.69) is 18.8 Å². The molecule has 0 aromatic carbocycles. The average molecular weight is 293 g/mol. The van der Waals surface area contributed by atoms with Crippen LogP contribution in [0, 0.1) is 12.8 Å². The van der Waals surface area contributed by atoms with Gasteiger partial charge in [0.05, 0.1) is 17.2 Å². The van der Waals surface area contributed by atoms with Crippen LogP contribution >= 0.6 is 11.3 Å². The van der Waals surface area contributed by atoms with E-state index in [9.17, 15) is 4.79 Å². The number of aromatic nitrogens is 1. The first kappa shape index (κ1) is 14.8. The standard InChI is InChI=1S/C15H19NO3S/c1-5-18-15(17)13-11(8-9(2)3)16-14(19-13)12-7-6-10(4)20-12/h6-7,9H,5,8H2,1-4H3. The van der Waals surface area contributed by atoms with Crippen LogP contribution in [0.5, 0.6) is 0 Å². The van der Waals surface area contributed by atoms with Crippen LogP contribution in [-0.2, 0) is 11.2 Å². The van der Waals surface area contributed by atoms with E-state index in [1.807, 2.05) is 19.1 Å². The van der Waals surface area contributed by atoms with Gasteiger partial charge >= 0.3 is 5.97 Å². The molecule has 0 N–H and O–H groups in total. The molecule has 2 aromatic rings. The van der Waals surface area contributed by atoms with Crippen molar-refractivity contribution in [2.45, 2.75) is 34.1 Å². The second kappa shape index (κ2) is 6.22. The fourth-order valence-electron chi connectivity index (χ4n) is 1.89. The van der Waals surface area contributed by atoms with Gasteiger partial charge < -0.3 is 9.15 Å². The molecule has 4 nitrogen and oxygen atoms in total. The third-order valence-electron chi connectivity index (χ3n) is 2.71. The number of carbonyl (C=O) groups excluding carboxylic acids is 1. The molecule has 108 valence electrons. The van der Waals surface area contributed by atoms with Gasteiger partial charge in [0.25, 0.3) is 0 Å². The second-order valence-electron chi connectivity index (χ2n) is 5.02. The Morgan fingerprint density at radius 3 is 2.75 bits per heavy atom. The Balaban J connectivity index is 2.38. The number of esters is 1. The van der Waals surface area contributed by atoms with E-state index in [-0.39, 0.29) is 5.76 Å². The molecule has 0 amide bonds. The molecule has 0 spiro atoms. The highest BCUT2D eigenvalue weighted by Gasteiger charge is 2.23. The van der Waals surface area contributed by atoms with Crippen molar-refractivity contribution in [1.29, 1.82) is 0 Å². The maximum absolute atomic E-state index is 11.9. The molecule has 20 heavy (non-hydrogen) atoms. The summed E-state index contributed by atoms with van der Waals surface area (Å²) in [4.78, 5) is 18.5. The topological polar surface area (TPSA) is 52.3 Å². The molecule has 0 aliphatic carbocycles. The molecule has 0 saturated heterocycles. The summed E-state index contributed by atoms with van der Waals surface area (Å²) in [5.74, 6) is 0.699. The minimum atomic E-state index is -0.435. The average Bonchev–Trinajstić information content (AvgIpc) is 2.95. The van der Waals surface area contributed by atoms with E-state index < -0.39 is 5.97 Å². The molecule has 0 aliphatic heterocycles. The van der Waals surface area contributed by atoms with Gasteiger partial charge in [0.1, 0.15) is 0 Å². The Morgan fingerprint density at radius 2 is 2.20 bits per heavy atom. The Kier molecular flexibility index (Phi) is 4.60. The number of oxazole rings is 1. The normalized spacial score (nSPS) is 11.1. The van der Waals surface area contributed by atoms with Crippen LogP contribution in [-0.4, -0.2) is 17.6 Å². The minimum absolute atomic E-state index is 0.238. The third-order valence-corrected chi connectivity index (χ3v) is 3.70. The second-order valence-corrected chi connectivity index (χ2v) is 6.31. The molecule has 0 aliphatic rings. The molecule has 0 fully saturated rings. The van der Waals surface area contributed by atoms with Gasteiger partial charge in [0, 0.05) is 4.88 Å². The van der Waals surface area contributed by atoms with Crippen molar-refractivity contribution in [1.82, 2.24) is 4.98 Å². The zero-order valence-corrected chi connectivity index (χ0v) is 13.0. The highest BCUT2D eigenvalue weighted by molar-refractivity contribution is 7.15. The van der Waals surface area contributed by atoms with Crippen molar-refractivity contribution < 1.29 is 13.9 Å². The summed E-state index contributed by atoms with van der Waals surface area (Å²) in [6.07, 6.45) is 0.696. The number of hydrogen-bond donors (Lipinski definition) is 0. The predicted molar refractivity (Wildman–Crippen MR) is 79.1 cm³/mol. The molecule has 0 unspecified atom stereocenters. The van der Waals surface area contributed by atoms with Crippen LogP contribution in [0.4, 0.5) is 0 Å². The van der Waals surface area contributed by atoms with Gasteiger partial charge in [-0.3, -0.25) is 0 Å². The summed E-state index contributed by atoms with van der Waals surface area (Å²) >= 11 is 1.60. The number of thiophene rings is 1. The number of aryl methyl sites for hydroxylation is 1. The van der Waals surface area contributed by atoms with Gasteiger partial charge in [-0.15, -0.1) is 11.3 Å². The maximum atomic E-state index is 11.9. The van der Waals surface area contributed by atoms with Crippen molar-refractivity contribution in [3.8, 4) is 10.8 Å². The Labute approximate surface area is 122 Å². The van der Waals surface area contributed by atoms with E-state index in [1.54, 1.807) is 18.3 Å². The Morgan fingerprint density at radius 1 is 1.45 bits per heavy atom. The predicted octanol–water partition coefficient (Wildman–Crippen LogP) is 4.09. The van der Waals surface area contributed by atoms with Crippen LogP contribution in [0.3, 0.4) is 0 Å². The van der Waals surface area contributed by atoms with Gasteiger partial charge in [0.15, 0.2) is 0 Å². The quantitative estimate of drug-likeness (QED) is 0.779. The highest BCUT2D eigenvalue weighted by Crippen LogP contribution is 2.29. The van der Waals surface area contributed by atoms with Crippen molar-refractivity contribution in [2.75, 3.05) is 6.61 Å². The van der Waals surface area contributed by atoms with Gasteiger partial charge in [-0.1, -0.05) is 13.8 Å². The van der Waals surface area contributed by atoms with Crippen molar-refractivity contribution in [3.05, 3.63) is 28.5 Å². The van der Waals surface area contributed by atoms with E-state index in [1.165, 1.54) is 4.88 Å². The lowest BCUT2D eigenvalue weighted by molar-refractivity contribution is 0.0489. The molecule has 0 radical (unpaired) electrons. The molecular formula is C15H19NO3S. The van der Waals surface area contributed by atoms with E-state index >= 15 is 0 Å². The summed E-state index contributed by atoms with van der Waals surface area (Å²) in [6.45, 7) is 8.30. The summed E-state index contributed by atoms with van der Waals surface area (Å²) in [5, 5.41) is 0. The number of carbonyl (C=O) groups is 1. The van der Waals surface area contributed by atoms with E-state index in [0.717, 1.165) is 4.88 Å². The Hall–Kier alpha value is -1.62. The summed E-state index contributed by atoms with van der Waals surface area (Å²) in [6, 6.07) is 3.97. The highest BCUT2D eigenvalue weighted by atomic mass is 32.1. The van der Waals surface area contributed by atoms with Gasteiger partial charge in [0.2, 0.25) is 11.7 Å². The summed E-state index contributed by atoms with van der Waals surface area (Å²) < 4.78 is 10.7. The van der Waals surface area contributed by atoms with E-state index in [0.29, 0.717) is 30.5 Å². The lowest BCUT2D eigenvalue weighted by Crippen LogP contribution is -2.08. The molecule has 0 bridgehead atoms. The lowest BCUT2D eigenvalue weighted by atomic mass is 10.1. The van der Waals surface area contributed by atoms with Crippen molar-refractivity contribution in [2.24, 2.45) is 5.92 Å². The monoisotopic (exact) mass is 293 g/mol. The number of nitrogens with zero attached hydrogens (tertiary/aromatic N) is 1. The first-order valence-electron chi connectivity index (χ1n) is 6.74. The molecule has 0 saturated carbocycles. The number of ether oxygens (including phenoxy) is 1. The van der Waals surface area contributed by atoms with Crippen LogP contribution in [0.2, 0.25) is 0 Å². The molecular weight excluding hydrogens is 274 g/mol.